The maximum Gasteiger partial charge on any atom is 0.114 e. The van der Waals surface area contributed by atoms with E-state index in [-0.39, 0.29) is 12.1 Å². The van der Waals surface area contributed by atoms with Crippen molar-refractivity contribution in [2.75, 3.05) is 12.4 Å². The zero-order valence-corrected chi connectivity index (χ0v) is 10.7. The third kappa shape index (κ3) is 3.18. The minimum Gasteiger partial charge on any atom is -0.394 e. The lowest BCUT2D eigenvalue weighted by molar-refractivity contribution is 0.158. The minimum atomic E-state index is -0.344. The average Bonchev–Trinajstić information content (AvgIpc) is 2.73. The second kappa shape index (κ2) is 5.80. The molecule has 1 fully saturated rings. The van der Waals surface area contributed by atoms with Gasteiger partial charge in [0.1, 0.15) is 5.03 Å². The van der Waals surface area contributed by atoms with Crippen LogP contribution in [0.5, 0.6) is 0 Å². The lowest BCUT2D eigenvalue weighted by Gasteiger charge is -2.29. The molecule has 1 aliphatic rings. The summed E-state index contributed by atoms with van der Waals surface area (Å²) in [6.45, 7) is 0.105. The zero-order valence-electron chi connectivity index (χ0n) is 9.88. The van der Waals surface area contributed by atoms with Crippen LogP contribution in [0.25, 0.3) is 0 Å². The molecule has 17 heavy (non-hydrogen) atoms. The molecule has 0 bridgehead atoms. The maximum absolute atomic E-state index is 9.36. The predicted octanol–water partition coefficient (Wildman–Crippen LogP) is 1.45. The highest BCUT2D eigenvalue weighted by atomic mass is 32.2. The molecule has 0 saturated heterocycles. The van der Waals surface area contributed by atoms with E-state index in [1.54, 1.807) is 30.4 Å². The van der Waals surface area contributed by atoms with E-state index in [0.717, 1.165) is 36.5 Å². The van der Waals surface area contributed by atoms with Crippen molar-refractivity contribution in [2.45, 2.75) is 36.2 Å². The van der Waals surface area contributed by atoms with Gasteiger partial charge in [0.05, 0.1) is 12.8 Å². The number of aliphatic hydroxyl groups is 1. The van der Waals surface area contributed by atoms with Gasteiger partial charge in [-0.15, -0.1) is 11.8 Å². The molecule has 0 spiro atoms. The Bertz CT molecular complexity index is 349. The van der Waals surface area contributed by atoms with Crippen molar-refractivity contribution < 1.29 is 5.11 Å². The summed E-state index contributed by atoms with van der Waals surface area (Å²) < 4.78 is 0. The molecule has 0 amide bonds. The molecule has 0 radical (unpaired) electrons. The molecule has 2 atom stereocenters. The summed E-state index contributed by atoms with van der Waals surface area (Å²) in [6.07, 6.45) is 9.43. The molecule has 1 aromatic rings. The smallest absolute Gasteiger partial charge is 0.114 e. The van der Waals surface area contributed by atoms with Gasteiger partial charge in [0.2, 0.25) is 0 Å². The first-order chi connectivity index (χ1) is 8.24. The summed E-state index contributed by atoms with van der Waals surface area (Å²) in [6, 6.07) is 0. The number of nitrogens with two attached hydrogens (primary N) is 1. The summed E-state index contributed by atoms with van der Waals surface area (Å²) in [5.41, 5.74) is 5.85. The summed E-state index contributed by atoms with van der Waals surface area (Å²) >= 11 is 1.71. The molecule has 94 valence electrons. The van der Waals surface area contributed by atoms with E-state index in [1.165, 1.54) is 0 Å². The van der Waals surface area contributed by atoms with E-state index in [2.05, 4.69) is 9.97 Å². The van der Waals surface area contributed by atoms with Gasteiger partial charge in [-0.25, -0.2) is 4.98 Å². The van der Waals surface area contributed by atoms with Crippen molar-refractivity contribution in [1.82, 2.24) is 9.97 Å². The third-order valence-corrected chi connectivity index (χ3v) is 4.50. The number of rotatable bonds is 5. The molecule has 1 aromatic heterocycles. The number of nitrogens with zero attached hydrogens (tertiary/aromatic N) is 2. The van der Waals surface area contributed by atoms with Crippen LogP contribution in [0.4, 0.5) is 0 Å². The van der Waals surface area contributed by atoms with Crippen LogP contribution in [0.3, 0.4) is 0 Å². The first kappa shape index (κ1) is 12.8. The molecule has 4 nitrogen and oxygen atoms in total. The Balaban J connectivity index is 1.79. The van der Waals surface area contributed by atoms with Crippen molar-refractivity contribution in [3.8, 4) is 0 Å². The van der Waals surface area contributed by atoms with Gasteiger partial charge in [-0.05, 0) is 30.9 Å². The average molecular weight is 253 g/mol. The number of thioether (sulfide) groups is 1. The molecular formula is C12H19N3OS. The van der Waals surface area contributed by atoms with E-state index >= 15 is 0 Å². The Morgan fingerprint density at radius 3 is 3.12 bits per heavy atom. The molecule has 0 aliphatic heterocycles. The van der Waals surface area contributed by atoms with Gasteiger partial charge >= 0.3 is 0 Å². The fraction of sp³-hybridized carbons (Fsp3) is 0.667. The number of hydrogen-bond donors (Lipinski definition) is 2. The van der Waals surface area contributed by atoms with Gasteiger partial charge in [0.25, 0.3) is 0 Å². The van der Waals surface area contributed by atoms with Gasteiger partial charge in [0.15, 0.2) is 0 Å². The summed E-state index contributed by atoms with van der Waals surface area (Å²) in [5.74, 6) is 1.43. The Morgan fingerprint density at radius 1 is 1.53 bits per heavy atom. The zero-order chi connectivity index (χ0) is 12.1. The highest BCUT2D eigenvalue weighted by Crippen LogP contribution is 2.36. The van der Waals surface area contributed by atoms with E-state index in [1.807, 2.05) is 0 Å². The maximum atomic E-state index is 9.36. The second-order valence-electron chi connectivity index (χ2n) is 4.66. The van der Waals surface area contributed by atoms with Crippen molar-refractivity contribution in [2.24, 2.45) is 11.7 Å². The monoisotopic (exact) mass is 253 g/mol. The van der Waals surface area contributed by atoms with Gasteiger partial charge in [0, 0.05) is 17.9 Å². The SMILES string of the molecule is NC1(CO)CCCC1CCSc1cnccn1. The minimum absolute atomic E-state index is 0.105. The predicted molar refractivity (Wildman–Crippen MR) is 68.7 cm³/mol. The van der Waals surface area contributed by atoms with Crippen LogP contribution >= 0.6 is 11.8 Å². The van der Waals surface area contributed by atoms with Gasteiger partial charge in [-0.1, -0.05) is 6.42 Å². The summed E-state index contributed by atoms with van der Waals surface area (Å²) in [7, 11) is 0. The third-order valence-electron chi connectivity index (χ3n) is 3.56. The Hall–Kier alpha value is -0.650. The number of aromatic nitrogens is 2. The molecule has 1 heterocycles. The van der Waals surface area contributed by atoms with Crippen molar-refractivity contribution >= 4 is 11.8 Å². The standard InChI is InChI=1S/C12H19N3OS/c13-12(9-16)4-1-2-10(12)3-7-17-11-8-14-5-6-15-11/h5-6,8,10,16H,1-4,7,9,13H2. The number of aliphatic hydroxyl groups excluding tert-OH is 1. The first-order valence-corrected chi connectivity index (χ1v) is 7.02. The van der Waals surface area contributed by atoms with Crippen LogP contribution < -0.4 is 5.73 Å². The van der Waals surface area contributed by atoms with Crippen LogP contribution in [-0.2, 0) is 0 Å². The lowest BCUT2D eigenvalue weighted by Crippen LogP contribution is -2.47. The van der Waals surface area contributed by atoms with Gasteiger partial charge in [-0.2, -0.15) is 0 Å². The molecule has 1 saturated carbocycles. The van der Waals surface area contributed by atoms with Crippen molar-refractivity contribution in [3.05, 3.63) is 18.6 Å². The Labute approximate surface area is 106 Å². The van der Waals surface area contributed by atoms with Crippen LogP contribution in [0.2, 0.25) is 0 Å². The van der Waals surface area contributed by atoms with E-state index in [4.69, 9.17) is 5.73 Å². The molecule has 2 rings (SSSR count). The van der Waals surface area contributed by atoms with E-state index < -0.39 is 0 Å². The van der Waals surface area contributed by atoms with E-state index in [9.17, 15) is 5.11 Å². The topological polar surface area (TPSA) is 72.0 Å². The second-order valence-corrected chi connectivity index (χ2v) is 5.78. The Morgan fingerprint density at radius 2 is 2.41 bits per heavy atom. The molecule has 5 heteroatoms. The molecule has 2 unspecified atom stereocenters. The van der Waals surface area contributed by atoms with Crippen molar-refractivity contribution in [1.29, 1.82) is 0 Å². The first-order valence-electron chi connectivity index (χ1n) is 6.03. The fourth-order valence-corrected chi connectivity index (χ4v) is 3.36. The van der Waals surface area contributed by atoms with Gasteiger partial charge in [-0.3, -0.25) is 4.98 Å². The summed E-state index contributed by atoms with van der Waals surface area (Å²) in [5, 5.41) is 10.3. The highest BCUT2D eigenvalue weighted by Gasteiger charge is 2.38. The highest BCUT2D eigenvalue weighted by molar-refractivity contribution is 7.99. The van der Waals surface area contributed by atoms with Crippen LogP contribution in [-0.4, -0.2) is 33.0 Å². The molecule has 3 N–H and O–H groups in total. The molecule has 1 aliphatic carbocycles. The van der Waals surface area contributed by atoms with Gasteiger partial charge < -0.3 is 10.8 Å². The quantitative estimate of drug-likeness (QED) is 0.777. The Kier molecular flexibility index (Phi) is 4.36. The number of hydrogen-bond acceptors (Lipinski definition) is 5. The van der Waals surface area contributed by atoms with Crippen molar-refractivity contribution in [3.63, 3.8) is 0 Å². The fourth-order valence-electron chi connectivity index (χ4n) is 2.47. The normalized spacial score (nSPS) is 28.5. The van der Waals surface area contributed by atoms with Crippen LogP contribution in [0.1, 0.15) is 25.7 Å². The lowest BCUT2D eigenvalue weighted by atomic mass is 9.87. The molecule has 0 aromatic carbocycles. The molecular weight excluding hydrogens is 234 g/mol. The van der Waals surface area contributed by atoms with Crippen LogP contribution in [0.15, 0.2) is 23.6 Å². The summed E-state index contributed by atoms with van der Waals surface area (Å²) in [4.78, 5) is 8.25. The van der Waals surface area contributed by atoms with Crippen LogP contribution in [0, 0.1) is 5.92 Å². The van der Waals surface area contributed by atoms with E-state index in [0.29, 0.717) is 5.92 Å². The largest absolute Gasteiger partial charge is 0.394 e.